The van der Waals surface area contributed by atoms with Gasteiger partial charge in [-0.05, 0) is 37.1 Å². The number of rotatable bonds is 3. The van der Waals surface area contributed by atoms with E-state index >= 15 is 0 Å². The fourth-order valence-electron chi connectivity index (χ4n) is 2.69. The highest BCUT2D eigenvalue weighted by atomic mass is 16.5. The average Bonchev–Trinajstić information content (AvgIpc) is 3.27. The van der Waals surface area contributed by atoms with Crippen molar-refractivity contribution in [1.82, 2.24) is 14.5 Å². The Morgan fingerprint density at radius 1 is 1.29 bits per heavy atom. The Morgan fingerprint density at radius 2 is 2.14 bits per heavy atom. The summed E-state index contributed by atoms with van der Waals surface area (Å²) in [6, 6.07) is 7.88. The zero-order valence-electron chi connectivity index (χ0n) is 11.7. The number of pyridine rings is 1. The summed E-state index contributed by atoms with van der Waals surface area (Å²) in [5.74, 6) is 1.47. The van der Waals surface area contributed by atoms with Crippen molar-refractivity contribution >= 4 is 11.0 Å². The first-order valence-electron chi connectivity index (χ1n) is 6.97. The van der Waals surface area contributed by atoms with Gasteiger partial charge in [-0.1, -0.05) is 0 Å². The first-order chi connectivity index (χ1) is 10.3. The summed E-state index contributed by atoms with van der Waals surface area (Å²) in [5, 5.41) is 10.00. The van der Waals surface area contributed by atoms with Crippen LogP contribution < -0.4 is 4.74 Å². The maximum atomic E-state index is 10.00. The number of fused-ring (bicyclic) bond motifs is 1. The number of phenolic OH excluding ortho intramolecular Hbond substituents is 1. The lowest BCUT2D eigenvalue weighted by Crippen LogP contribution is -1.97. The van der Waals surface area contributed by atoms with Crippen LogP contribution in [0.15, 0.2) is 36.7 Å². The lowest BCUT2D eigenvalue weighted by atomic mass is 10.2. The molecular weight excluding hydrogens is 266 g/mol. The predicted molar refractivity (Wildman–Crippen MR) is 79.5 cm³/mol. The van der Waals surface area contributed by atoms with Crippen LogP contribution in [0.2, 0.25) is 0 Å². The Balaban J connectivity index is 1.93. The largest absolute Gasteiger partial charge is 0.504 e. The number of methoxy groups -OCH3 is 1. The Kier molecular flexibility index (Phi) is 2.60. The molecule has 1 aromatic carbocycles. The summed E-state index contributed by atoms with van der Waals surface area (Å²) >= 11 is 0. The molecule has 0 saturated heterocycles. The van der Waals surface area contributed by atoms with Gasteiger partial charge in [0.2, 0.25) is 0 Å². The minimum Gasteiger partial charge on any atom is -0.504 e. The molecule has 2 aromatic heterocycles. The van der Waals surface area contributed by atoms with Crippen LogP contribution in [0, 0.1) is 0 Å². The van der Waals surface area contributed by atoms with E-state index in [0.717, 1.165) is 22.4 Å². The highest BCUT2D eigenvalue weighted by Gasteiger charge is 2.28. The molecule has 1 aliphatic rings. The van der Waals surface area contributed by atoms with Crippen molar-refractivity contribution in [3.05, 3.63) is 36.7 Å². The minimum atomic E-state index is 0.127. The van der Waals surface area contributed by atoms with Gasteiger partial charge in [0.25, 0.3) is 0 Å². The molecule has 1 fully saturated rings. The molecule has 0 amide bonds. The number of phenols is 1. The number of hydrogen-bond acceptors (Lipinski definition) is 4. The van der Waals surface area contributed by atoms with Crippen molar-refractivity contribution in [2.75, 3.05) is 7.11 Å². The van der Waals surface area contributed by atoms with Crippen LogP contribution in [0.1, 0.15) is 18.9 Å². The SMILES string of the molecule is COc1ccc(-c2nc3cnccc3n2C2CC2)cc1O. The molecule has 0 bridgehead atoms. The standard InChI is InChI=1S/C16H15N3O2/c1-21-15-5-2-10(8-14(15)20)16-18-12-9-17-7-6-13(12)19(16)11-3-4-11/h2,5-9,11,20H,3-4H2,1H3. The van der Waals surface area contributed by atoms with Gasteiger partial charge >= 0.3 is 0 Å². The van der Waals surface area contributed by atoms with Crippen LogP contribution in [0.25, 0.3) is 22.4 Å². The number of aromatic nitrogens is 3. The molecule has 5 heteroatoms. The zero-order chi connectivity index (χ0) is 14.4. The summed E-state index contributed by atoms with van der Waals surface area (Å²) in [7, 11) is 1.54. The maximum absolute atomic E-state index is 10.00. The van der Waals surface area contributed by atoms with Crippen molar-refractivity contribution in [3.8, 4) is 22.9 Å². The third-order valence-corrected chi connectivity index (χ3v) is 3.84. The number of aromatic hydroxyl groups is 1. The van der Waals surface area contributed by atoms with E-state index in [9.17, 15) is 5.11 Å². The van der Waals surface area contributed by atoms with Gasteiger partial charge in [-0.15, -0.1) is 0 Å². The Morgan fingerprint density at radius 3 is 2.86 bits per heavy atom. The zero-order valence-corrected chi connectivity index (χ0v) is 11.7. The van der Waals surface area contributed by atoms with Gasteiger partial charge in [0.05, 0.1) is 18.8 Å². The summed E-state index contributed by atoms with van der Waals surface area (Å²) in [6.07, 6.45) is 5.91. The Bertz CT molecular complexity index is 822. The summed E-state index contributed by atoms with van der Waals surface area (Å²) in [4.78, 5) is 8.83. The molecular formula is C16H15N3O2. The second kappa shape index (κ2) is 4.48. The molecule has 1 N–H and O–H groups in total. The molecule has 106 valence electrons. The quantitative estimate of drug-likeness (QED) is 0.801. The van der Waals surface area contributed by atoms with Crippen molar-refractivity contribution in [2.45, 2.75) is 18.9 Å². The first kappa shape index (κ1) is 12.2. The molecule has 4 rings (SSSR count). The topological polar surface area (TPSA) is 60.2 Å². The summed E-state index contributed by atoms with van der Waals surface area (Å²) in [5.41, 5.74) is 2.86. The van der Waals surface area contributed by atoms with Crippen LogP contribution in [-0.4, -0.2) is 26.8 Å². The number of hydrogen-bond donors (Lipinski definition) is 1. The molecule has 0 atom stereocenters. The van der Waals surface area contributed by atoms with E-state index < -0.39 is 0 Å². The molecule has 21 heavy (non-hydrogen) atoms. The molecule has 5 nitrogen and oxygen atoms in total. The molecule has 0 aliphatic heterocycles. The third kappa shape index (κ3) is 1.93. The first-order valence-corrected chi connectivity index (χ1v) is 6.97. The second-order valence-electron chi connectivity index (χ2n) is 5.29. The van der Waals surface area contributed by atoms with Crippen LogP contribution >= 0.6 is 0 Å². The minimum absolute atomic E-state index is 0.127. The van der Waals surface area contributed by atoms with Crippen LogP contribution in [0.4, 0.5) is 0 Å². The monoisotopic (exact) mass is 281 g/mol. The third-order valence-electron chi connectivity index (χ3n) is 3.84. The van der Waals surface area contributed by atoms with Crippen molar-refractivity contribution in [2.24, 2.45) is 0 Å². The number of benzene rings is 1. The fourth-order valence-corrected chi connectivity index (χ4v) is 2.69. The predicted octanol–water partition coefficient (Wildman–Crippen LogP) is 3.15. The van der Waals surface area contributed by atoms with Crippen molar-refractivity contribution in [1.29, 1.82) is 0 Å². The molecule has 0 radical (unpaired) electrons. The number of imidazole rings is 1. The van der Waals surface area contributed by atoms with Gasteiger partial charge < -0.3 is 14.4 Å². The lowest BCUT2D eigenvalue weighted by molar-refractivity contribution is 0.373. The normalized spacial score (nSPS) is 14.5. The second-order valence-corrected chi connectivity index (χ2v) is 5.29. The van der Waals surface area contributed by atoms with E-state index in [2.05, 4.69) is 14.5 Å². The fraction of sp³-hybridized carbons (Fsp3) is 0.250. The van der Waals surface area contributed by atoms with Gasteiger partial charge in [-0.25, -0.2) is 4.98 Å². The summed E-state index contributed by atoms with van der Waals surface area (Å²) < 4.78 is 7.35. The van der Waals surface area contributed by atoms with E-state index in [-0.39, 0.29) is 5.75 Å². The smallest absolute Gasteiger partial charge is 0.160 e. The molecule has 1 aliphatic carbocycles. The van der Waals surface area contributed by atoms with Crippen molar-refractivity contribution in [3.63, 3.8) is 0 Å². The number of nitrogens with zero attached hydrogens (tertiary/aromatic N) is 3. The molecule has 2 heterocycles. The van der Waals surface area contributed by atoms with Gasteiger partial charge in [0.1, 0.15) is 11.3 Å². The van der Waals surface area contributed by atoms with E-state index in [0.29, 0.717) is 11.8 Å². The van der Waals surface area contributed by atoms with E-state index in [1.165, 1.54) is 12.8 Å². The van der Waals surface area contributed by atoms with E-state index in [1.54, 1.807) is 31.6 Å². The molecule has 3 aromatic rings. The van der Waals surface area contributed by atoms with E-state index in [4.69, 9.17) is 4.74 Å². The van der Waals surface area contributed by atoms with Gasteiger partial charge in [0.15, 0.2) is 11.5 Å². The van der Waals surface area contributed by atoms with Crippen LogP contribution in [0.5, 0.6) is 11.5 Å². The van der Waals surface area contributed by atoms with Gasteiger partial charge in [0, 0.05) is 17.8 Å². The van der Waals surface area contributed by atoms with Gasteiger partial charge in [-0.3, -0.25) is 4.98 Å². The average molecular weight is 281 g/mol. The summed E-state index contributed by atoms with van der Waals surface area (Å²) in [6.45, 7) is 0. The van der Waals surface area contributed by atoms with Crippen molar-refractivity contribution < 1.29 is 9.84 Å². The Labute approximate surface area is 121 Å². The highest BCUT2D eigenvalue weighted by Crippen LogP contribution is 2.42. The maximum Gasteiger partial charge on any atom is 0.160 e. The Hall–Kier alpha value is -2.56. The highest BCUT2D eigenvalue weighted by molar-refractivity contribution is 5.80. The lowest BCUT2D eigenvalue weighted by Gasteiger charge is -2.09. The van der Waals surface area contributed by atoms with Crippen LogP contribution in [0.3, 0.4) is 0 Å². The molecule has 0 unspecified atom stereocenters. The molecule has 1 saturated carbocycles. The molecule has 0 spiro atoms. The number of ether oxygens (including phenoxy) is 1. The van der Waals surface area contributed by atoms with Gasteiger partial charge in [-0.2, -0.15) is 0 Å². The van der Waals surface area contributed by atoms with E-state index in [1.807, 2.05) is 12.1 Å². The van der Waals surface area contributed by atoms with Crippen LogP contribution in [-0.2, 0) is 0 Å².